The van der Waals surface area contributed by atoms with Gasteiger partial charge in [-0.15, -0.1) is 0 Å². The zero-order chi connectivity index (χ0) is 22.7. The zero-order valence-electron chi connectivity index (χ0n) is 15.4. The number of carbonyl (C=O) groups is 2. The van der Waals surface area contributed by atoms with Gasteiger partial charge in [-0.2, -0.15) is 26.3 Å². The Balaban J connectivity index is 2.26. The van der Waals surface area contributed by atoms with Crippen LogP contribution in [-0.4, -0.2) is 26.0 Å². The van der Waals surface area contributed by atoms with Crippen molar-refractivity contribution in [3.05, 3.63) is 47.5 Å². The molecule has 0 aliphatic carbocycles. The van der Waals surface area contributed by atoms with Gasteiger partial charge in [0.25, 0.3) is 0 Å². The van der Waals surface area contributed by atoms with E-state index in [2.05, 4.69) is 5.32 Å². The zero-order valence-corrected chi connectivity index (χ0v) is 15.4. The number of methoxy groups -OCH3 is 2. The highest BCUT2D eigenvalue weighted by Crippen LogP contribution is 2.37. The van der Waals surface area contributed by atoms with Gasteiger partial charge in [-0.3, -0.25) is 9.59 Å². The molecule has 0 bridgehead atoms. The average Bonchev–Trinajstić information content (AvgIpc) is 2.66. The van der Waals surface area contributed by atoms with E-state index in [1.807, 2.05) is 0 Å². The predicted octanol–water partition coefficient (Wildman–Crippen LogP) is 4.32. The molecule has 2 N–H and O–H groups in total. The first-order chi connectivity index (χ1) is 13.8. The van der Waals surface area contributed by atoms with Gasteiger partial charge in [-0.05, 0) is 30.3 Å². The minimum Gasteiger partial charge on any atom is -0.497 e. The van der Waals surface area contributed by atoms with Crippen LogP contribution in [0, 0.1) is 0 Å². The minimum atomic E-state index is -5.10. The number of carbonyl (C=O) groups excluding carboxylic acids is 2. The Morgan fingerprint density at radius 1 is 0.767 bits per heavy atom. The van der Waals surface area contributed by atoms with Gasteiger partial charge in [0.15, 0.2) is 0 Å². The smallest absolute Gasteiger partial charge is 0.416 e. The minimum absolute atomic E-state index is 0.0264. The number of amides is 2. The van der Waals surface area contributed by atoms with Crippen molar-refractivity contribution in [3.63, 3.8) is 0 Å². The van der Waals surface area contributed by atoms with Crippen LogP contribution in [0.2, 0.25) is 0 Å². The Bertz CT molecular complexity index is 924. The van der Waals surface area contributed by atoms with Gasteiger partial charge in [0.1, 0.15) is 11.5 Å². The third-order valence-corrected chi connectivity index (χ3v) is 3.71. The molecule has 2 aromatic carbocycles. The Morgan fingerprint density at radius 3 is 1.77 bits per heavy atom. The molecule has 2 rings (SSSR count). The second-order valence-electron chi connectivity index (χ2n) is 5.77. The highest BCUT2D eigenvalue weighted by atomic mass is 19.4. The fourth-order valence-corrected chi connectivity index (χ4v) is 2.30. The van der Waals surface area contributed by atoms with Crippen LogP contribution in [0.15, 0.2) is 36.4 Å². The van der Waals surface area contributed by atoms with Crippen molar-refractivity contribution in [2.45, 2.75) is 12.4 Å². The molecule has 0 spiro atoms. The maximum absolute atomic E-state index is 12.9. The quantitative estimate of drug-likeness (QED) is 0.553. The Kier molecular flexibility index (Phi) is 6.48. The molecule has 162 valence electrons. The van der Waals surface area contributed by atoms with Gasteiger partial charge < -0.3 is 20.1 Å². The molecule has 0 aliphatic heterocycles. The van der Waals surface area contributed by atoms with E-state index < -0.39 is 41.0 Å². The standard InChI is InChI=1S/C18H14F6N2O4/c1-29-12-3-4-13(14(8-12)30-2)26-16(28)15(27)25-11-6-9(17(19,20)21)5-10(7-11)18(22,23)24/h3-8H,1-2H3,(H,25,27)(H,26,28). The number of anilines is 2. The van der Waals surface area contributed by atoms with Gasteiger partial charge >= 0.3 is 24.2 Å². The Morgan fingerprint density at radius 2 is 1.30 bits per heavy atom. The summed E-state index contributed by atoms with van der Waals surface area (Å²) in [5.41, 5.74) is -4.09. The molecule has 0 heterocycles. The molecule has 0 aliphatic rings. The van der Waals surface area contributed by atoms with Crippen LogP contribution in [0.25, 0.3) is 0 Å². The van der Waals surface area contributed by atoms with Crippen LogP contribution >= 0.6 is 0 Å². The molecule has 6 nitrogen and oxygen atoms in total. The van der Waals surface area contributed by atoms with Crippen molar-refractivity contribution in [1.82, 2.24) is 0 Å². The summed E-state index contributed by atoms with van der Waals surface area (Å²) in [5.74, 6) is -2.35. The SMILES string of the molecule is COc1ccc(NC(=O)C(=O)Nc2cc(C(F)(F)F)cc(C(F)(F)F)c2)c(OC)c1. The molecule has 0 saturated heterocycles. The summed E-state index contributed by atoms with van der Waals surface area (Å²) in [6.45, 7) is 0. The summed E-state index contributed by atoms with van der Waals surface area (Å²) in [6.07, 6.45) is -10.2. The van der Waals surface area contributed by atoms with Crippen molar-refractivity contribution in [2.24, 2.45) is 0 Å². The second kappa shape index (κ2) is 8.51. The number of alkyl halides is 6. The molecule has 0 unspecified atom stereocenters. The lowest BCUT2D eigenvalue weighted by Gasteiger charge is -2.15. The van der Waals surface area contributed by atoms with E-state index >= 15 is 0 Å². The Hall–Kier alpha value is -3.44. The molecule has 0 fully saturated rings. The topological polar surface area (TPSA) is 76.7 Å². The molecule has 0 radical (unpaired) electrons. The third kappa shape index (κ3) is 5.55. The fraction of sp³-hybridized carbons (Fsp3) is 0.222. The van der Waals surface area contributed by atoms with Crippen molar-refractivity contribution < 1.29 is 45.4 Å². The number of halogens is 6. The van der Waals surface area contributed by atoms with Gasteiger partial charge in [-0.1, -0.05) is 0 Å². The van der Waals surface area contributed by atoms with Crippen LogP contribution in [-0.2, 0) is 21.9 Å². The van der Waals surface area contributed by atoms with E-state index in [4.69, 9.17) is 9.47 Å². The van der Waals surface area contributed by atoms with Crippen LogP contribution < -0.4 is 20.1 Å². The maximum Gasteiger partial charge on any atom is 0.416 e. The summed E-state index contributed by atoms with van der Waals surface area (Å²) in [5, 5.41) is 3.88. The normalized spacial score (nSPS) is 11.6. The summed E-state index contributed by atoms with van der Waals surface area (Å²) >= 11 is 0. The highest BCUT2D eigenvalue weighted by Gasteiger charge is 2.37. The number of hydrogen-bond donors (Lipinski definition) is 2. The number of benzene rings is 2. The molecular weight excluding hydrogens is 422 g/mol. The first-order valence-corrected chi connectivity index (χ1v) is 7.99. The average molecular weight is 436 g/mol. The molecule has 30 heavy (non-hydrogen) atoms. The van der Waals surface area contributed by atoms with E-state index in [0.717, 1.165) is 0 Å². The molecule has 0 atom stereocenters. The lowest BCUT2D eigenvalue weighted by Crippen LogP contribution is -2.29. The molecule has 2 aromatic rings. The molecule has 0 aromatic heterocycles. The summed E-state index contributed by atoms with van der Waals surface area (Å²) < 4.78 is 87.3. The summed E-state index contributed by atoms with van der Waals surface area (Å²) in [6, 6.07) is 4.62. The van der Waals surface area contributed by atoms with E-state index in [-0.39, 0.29) is 29.6 Å². The number of ether oxygens (including phenoxy) is 2. The lowest BCUT2D eigenvalue weighted by atomic mass is 10.1. The van der Waals surface area contributed by atoms with Crippen molar-refractivity contribution in [3.8, 4) is 11.5 Å². The Labute approximate surface area is 165 Å². The highest BCUT2D eigenvalue weighted by molar-refractivity contribution is 6.43. The van der Waals surface area contributed by atoms with Crippen LogP contribution in [0.5, 0.6) is 11.5 Å². The van der Waals surface area contributed by atoms with E-state index in [1.54, 1.807) is 5.32 Å². The molecular formula is C18H14F6N2O4. The number of nitrogens with one attached hydrogen (secondary N) is 2. The predicted molar refractivity (Wildman–Crippen MR) is 93.3 cm³/mol. The largest absolute Gasteiger partial charge is 0.497 e. The van der Waals surface area contributed by atoms with Crippen LogP contribution in [0.3, 0.4) is 0 Å². The van der Waals surface area contributed by atoms with E-state index in [0.29, 0.717) is 5.75 Å². The van der Waals surface area contributed by atoms with Gasteiger partial charge in [0.05, 0.1) is 31.0 Å². The van der Waals surface area contributed by atoms with E-state index in [9.17, 15) is 35.9 Å². The fourth-order valence-electron chi connectivity index (χ4n) is 2.30. The van der Waals surface area contributed by atoms with Crippen LogP contribution in [0.1, 0.15) is 11.1 Å². The van der Waals surface area contributed by atoms with E-state index in [1.165, 1.54) is 32.4 Å². The van der Waals surface area contributed by atoms with Gasteiger partial charge in [0.2, 0.25) is 0 Å². The monoisotopic (exact) mass is 436 g/mol. The maximum atomic E-state index is 12.9. The van der Waals surface area contributed by atoms with Crippen molar-refractivity contribution in [1.29, 1.82) is 0 Å². The van der Waals surface area contributed by atoms with Gasteiger partial charge in [0, 0.05) is 11.8 Å². The molecule has 12 heteroatoms. The van der Waals surface area contributed by atoms with Crippen LogP contribution in [0.4, 0.5) is 37.7 Å². The lowest BCUT2D eigenvalue weighted by molar-refractivity contribution is -0.143. The second-order valence-corrected chi connectivity index (χ2v) is 5.77. The summed E-state index contributed by atoms with van der Waals surface area (Å²) in [4.78, 5) is 24.1. The van der Waals surface area contributed by atoms with Gasteiger partial charge in [-0.25, -0.2) is 0 Å². The number of hydrogen-bond acceptors (Lipinski definition) is 4. The number of rotatable bonds is 4. The first kappa shape index (κ1) is 22.8. The molecule has 2 amide bonds. The first-order valence-electron chi connectivity index (χ1n) is 7.99. The third-order valence-electron chi connectivity index (χ3n) is 3.71. The summed E-state index contributed by atoms with van der Waals surface area (Å²) in [7, 11) is 2.65. The van der Waals surface area contributed by atoms with Crippen molar-refractivity contribution in [2.75, 3.05) is 24.9 Å². The van der Waals surface area contributed by atoms with Crippen molar-refractivity contribution >= 4 is 23.2 Å². The molecule has 0 saturated carbocycles.